The number of hydrogen-bond donors (Lipinski definition) is 0. The molecule has 0 spiro atoms. The van der Waals surface area contributed by atoms with E-state index in [1.165, 1.54) is 22.7 Å². The van der Waals surface area contributed by atoms with E-state index in [1.54, 1.807) is 12.3 Å². The van der Waals surface area contributed by atoms with Crippen molar-refractivity contribution in [3.8, 4) is 0 Å². The van der Waals surface area contributed by atoms with Gasteiger partial charge in [-0.25, -0.2) is 9.59 Å². The lowest BCUT2D eigenvalue weighted by atomic mass is 10.0. The Morgan fingerprint density at radius 3 is 2.69 bits per heavy atom. The monoisotopic (exact) mass is 373 g/mol. The van der Waals surface area contributed by atoms with Crippen molar-refractivity contribution in [1.82, 2.24) is 4.90 Å². The number of benzene rings is 1. The molecule has 1 atom stereocenters. The summed E-state index contributed by atoms with van der Waals surface area (Å²) in [7, 11) is 0. The van der Waals surface area contributed by atoms with Crippen LogP contribution in [-0.2, 0) is 30.5 Å². The zero-order chi connectivity index (χ0) is 18.5. The summed E-state index contributed by atoms with van der Waals surface area (Å²) in [4.78, 5) is 38.1. The SMILES string of the molecule is CCOC(=O)C=CSC1=C(C(=O)OCc2ccccc2)N2C(=O)CC2C1. The molecule has 0 bridgehead atoms. The summed E-state index contributed by atoms with van der Waals surface area (Å²) in [6.45, 7) is 2.18. The van der Waals surface area contributed by atoms with Crippen LogP contribution in [0.3, 0.4) is 0 Å². The van der Waals surface area contributed by atoms with Crippen LogP contribution in [0, 0.1) is 0 Å². The third kappa shape index (κ3) is 3.99. The van der Waals surface area contributed by atoms with Crippen LogP contribution in [0.15, 0.2) is 52.4 Å². The summed E-state index contributed by atoms with van der Waals surface area (Å²) in [6, 6.07) is 9.37. The molecule has 1 saturated heterocycles. The second-order valence-electron chi connectivity index (χ2n) is 5.83. The molecule has 1 aromatic rings. The number of nitrogens with zero attached hydrogens (tertiary/aromatic N) is 1. The van der Waals surface area contributed by atoms with Crippen LogP contribution in [0.25, 0.3) is 0 Å². The van der Waals surface area contributed by atoms with Gasteiger partial charge in [-0.05, 0) is 17.9 Å². The first-order valence-corrected chi connectivity index (χ1v) is 9.24. The van der Waals surface area contributed by atoms with Crippen molar-refractivity contribution in [2.75, 3.05) is 6.61 Å². The molecule has 7 heteroatoms. The summed E-state index contributed by atoms with van der Waals surface area (Å²) in [6.07, 6.45) is 2.34. The quantitative estimate of drug-likeness (QED) is 0.416. The predicted molar refractivity (Wildman–Crippen MR) is 96.5 cm³/mol. The Balaban J connectivity index is 1.69. The number of carbonyl (C=O) groups is 3. The molecule has 2 heterocycles. The lowest BCUT2D eigenvalue weighted by molar-refractivity contribution is -0.150. The summed E-state index contributed by atoms with van der Waals surface area (Å²) in [5.74, 6) is -1.03. The zero-order valence-corrected chi connectivity index (χ0v) is 15.2. The van der Waals surface area contributed by atoms with Crippen molar-refractivity contribution < 1.29 is 23.9 Å². The van der Waals surface area contributed by atoms with Gasteiger partial charge in [-0.2, -0.15) is 0 Å². The van der Waals surface area contributed by atoms with Gasteiger partial charge in [0.1, 0.15) is 12.3 Å². The van der Waals surface area contributed by atoms with Gasteiger partial charge in [0.2, 0.25) is 5.91 Å². The van der Waals surface area contributed by atoms with E-state index < -0.39 is 11.9 Å². The first-order chi connectivity index (χ1) is 12.6. The molecule has 0 radical (unpaired) electrons. The van der Waals surface area contributed by atoms with Crippen LogP contribution in [0.1, 0.15) is 25.3 Å². The van der Waals surface area contributed by atoms with E-state index in [0.717, 1.165) is 10.5 Å². The van der Waals surface area contributed by atoms with Crippen LogP contribution in [0.4, 0.5) is 0 Å². The summed E-state index contributed by atoms with van der Waals surface area (Å²) in [5.41, 5.74) is 1.17. The number of rotatable bonds is 7. The van der Waals surface area contributed by atoms with Crippen molar-refractivity contribution >= 4 is 29.6 Å². The van der Waals surface area contributed by atoms with Crippen LogP contribution in [-0.4, -0.2) is 35.4 Å². The molecule has 2 aliphatic heterocycles. The summed E-state index contributed by atoms with van der Waals surface area (Å²) in [5, 5.41) is 1.58. The van der Waals surface area contributed by atoms with E-state index in [9.17, 15) is 14.4 Å². The third-order valence-corrected chi connectivity index (χ3v) is 4.99. The Hall–Kier alpha value is -2.54. The van der Waals surface area contributed by atoms with E-state index in [0.29, 0.717) is 25.1 Å². The standard InChI is InChI=1S/C19H19NO5S/c1-2-24-17(22)8-9-26-15-10-14-11-16(21)20(14)18(15)19(23)25-12-13-6-4-3-5-7-13/h3-9,14H,2,10-12H2,1H3. The van der Waals surface area contributed by atoms with Gasteiger partial charge < -0.3 is 14.4 Å². The highest BCUT2D eigenvalue weighted by molar-refractivity contribution is 8.05. The minimum Gasteiger partial charge on any atom is -0.463 e. The Morgan fingerprint density at radius 2 is 2.00 bits per heavy atom. The minimum atomic E-state index is -0.517. The van der Waals surface area contributed by atoms with E-state index >= 15 is 0 Å². The first-order valence-electron chi connectivity index (χ1n) is 8.36. The number of fused-ring (bicyclic) bond motifs is 1. The van der Waals surface area contributed by atoms with Crippen LogP contribution in [0.5, 0.6) is 0 Å². The maximum atomic E-state index is 12.6. The molecule has 3 rings (SSSR count). The number of carbonyl (C=O) groups excluding carboxylic acids is 3. The lowest BCUT2D eigenvalue weighted by Crippen LogP contribution is -2.49. The number of amides is 1. The van der Waals surface area contributed by atoms with Crippen LogP contribution < -0.4 is 0 Å². The summed E-state index contributed by atoms with van der Waals surface area (Å²) >= 11 is 1.25. The fourth-order valence-electron chi connectivity index (χ4n) is 2.87. The van der Waals surface area contributed by atoms with Gasteiger partial charge >= 0.3 is 11.9 Å². The van der Waals surface area contributed by atoms with Crippen molar-refractivity contribution in [3.63, 3.8) is 0 Å². The van der Waals surface area contributed by atoms with Crippen LogP contribution >= 0.6 is 11.8 Å². The molecule has 2 aliphatic rings. The molecule has 0 aromatic heterocycles. The molecule has 0 saturated carbocycles. The fourth-order valence-corrected chi connectivity index (χ4v) is 3.79. The normalized spacial score (nSPS) is 18.7. The van der Waals surface area contributed by atoms with E-state index in [2.05, 4.69) is 0 Å². The molecule has 0 aliphatic carbocycles. The molecule has 0 N–H and O–H groups in total. The summed E-state index contributed by atoms with van der Waals surface area (Å²) < 4.78 is 10.2. The maximum Gasteiger partial charge on any atom is 0.356 e. The Bertz CT molecular complexity index is 771. The molecule has 1 aromatic carbocycles. The van der Waals surface area contributed by atoms with Gasteiger partial charge in [-0.1, -0.05) is 42.1 Å². The fraction of sp³-hybridized carbons (Fsp3) is 0.316. The second kappa shape index (κ2) is 8.23. The van der Waals surface area contributed by atoms with Gasteiger partial charge in [-0.15, -0.1) is 0 Å². The Labute approximate surface area is 155 Å². The van der Waals surface area contributed by atoms with Crippen molar-refractivity contribution in [1.29, 1.82) is 0 Å². The van der Waals surface area contributed by atoms with Crippen molar-refractivity contribution in [2.45, 2.75) is 32.4 Å². The minimum absolute atomic E-state index is 0.0141. The van der Waals surface area contributed by atoms with Gasteiger partial charge in [0.05, 0.1) is 12.6 Å². The topological polar surface area (TPSA) is 72.9 Å². The predicted octanol–water partition coefficient (Wildman–Crippen LogP) is 2.76. The Kier molecular flexibility index (Phi) is 5.78. The second-order valence-corrected chi connectivity index (χ2v) is 6.83. The average Bonchev–Trinajstić information content (AvgIpc) is 2.93. The number of β-lactam (4-membered cyclic amide) rings is 1. The Morgan fingerprint density at radius 1 is 1.23 bits per heavy atom. The molecule has 26 heavy (non-hydrogen) atoms. The molecule has 1 fully saturated rings. The van der Waals surface area contributed by atoms with Gasteiger partial charge in [0.25, 0.3) is 0 Å². The smallest absolute Gasteiger partial charge is 0.356 e. The largest absolute Gasteiger partial charge is 0.463 e. The molecular weight excluding hydrogens is 354 g/mol. The average molecular weight is 373 g/mol. The molecule has 1 unspecified atom stereocenters. The molecule has 6 nitrogen and oxygen atoms in total. The number of ether oxygens (including phenoxy) is 2. The molecule has 136 valence electrons. The molecular formula is C19H19NO5S. The number of thioether (sulfide) groups is 1. The van der Waals surface area contributed by atoms with Crippen molar-refractivity contribution in [3.05, 3.63) is 58.0 Å². The maximum absolute atomic E-state index is 12.6. The molecule has 1 amide bonds. The zero-order valence-electron chi connectivity index (χ0n) is 14.3. The van der Waals surface area contributed by atoms with Gasteiger partial charge in [0.15, 0.2) is 0 Å². The van der Waals surface area contributed by atoms with E-state index in [1.807, 2.05) is 30.3 Å². The first kappa shape index (κ1) is 18.3. The highest BCUT2D eigenvalue weighted by atomic mass is 32.2. The van der Waals surface area contributed by atoms with Gasteiger partial charge in [0, 0.05) is 23.8 Å². The van der Waals surface area contributed by atoms with E-state index in [-0.39, 0.29) is 18.6 Å². The van der Waals surface area contributed by atoms with E-state index in [4.69, 9.17) is 9.47 Å². The number of esters is 2. The lowest BCUT2D eigenvalue weighted by Gasteiger charge is -2.35. The highest BCUT2D eigenvalue weighted by Crippen LogP contribution is 2.43. The highest BCUT2D eigenvalue weighted by Gasteiger charge is 2.47. The third-order valence-electron chi connectivity index (χ3n) is 4.08. The van der Waals surface area contributed by atoms with Crippen molar-refractivity contribution in [2.24, 2.45) is 0 Å². The van der Waals surface area contributed by atoms with Gasteiger partial charge in [-0.3, -0.25) is 4.79 Å². The van der Waals surface area contributed by atoms with Crippen LogP contribution in [0.2, 0.25) is 0 Å². The number of hydrogen-bond acceptors (Lipinski definition) is 6.